The summed E-state index contributed by atoms with van der Waals surface area (Å²) in [5.74, 6) is 0. The molecule has 0 heterocycles. The summed E-state index contributed by atoms with van der Waals surface area (Å²) in [6.45, 7) is 4.55. The summed E-state index contributed by atoms with van der Waals surface area (Å²) in [5, 5.41) is 8.53. The first-order chi connectivity index (χ1) is 4.12. The van der Waals surface area contributed by atoms with Crippen molar-refractivity contribution in [3.05, 3.63) is 0 Å². The molecule has 0 aromatic carbocycles. The lowest BCUT2D eigenvalue weighted by Crippen LogP contribution is -2.10. The molecule has 0 spiro atoms. The SMILES string of the molecule is CC(C)(C#N)CCCN.Cl. The molecule has 2 nitrogen and oxygen atoms in total. The van der Waals surface area contributed by atoms with Crippen molar-refractivity contribution < 1.29 is 0 Å². The molecule has 0 aromatic rings. The Kier molecular flexibility index (Phi) is 6.85. The topological polar surface area (TPSA) is 49.8 Å². The predicted molar refractivity (Wildman–Crippen MR) is 44.9 cm³/mol. The Morgan fingerprint density at radius 2 is 2.00 bits per heavy atom. The number of hydrogen-bond donors (Lipinski definition) is 1. The highest BCUT2D eigenvalue weighted by atomic mass is 35.5. The second-order valence-corrected chi connectivity index (χ2v) is 2.89. The van der Waals surface area contributed by atoms with Gasteiger partial charge in [-0.2, -0.15) is 5.26 Å². The van der Waals surface area contributed by atoms with Gasteiger partial charge in [0.25, 0.3) is 0 Å². The van der Waals surface area contributed by atoms with Crippen LogP contribution in [0.25, 0.3) is 0 Å². The first-order valence-electron chi connectivity index (χ1n) is 3.24. The highest BCUT2D eigenvalue weighted by Crippen LogP contribution is 2.19. The van der Waals surface area contributed by atoms with Crippen LogP contribution in [-0.2, 0) is 0 Å². The molecule has 3 heteroatoms. The van der Waals surface area contributed by atoms with Crippen LogP contribution >= 0.6 is 12.4 Å². The minimum atomic E-state index is -0.181. The molecule has 0 radical (unpaired) electrons. The van der Waals surface area contributed by atoms with Crippen LogP contribution in [0.1, 0.15) is 26.7 Å². The molecule has 0 saturated carbocycles. The average Bonchev–Trinajstić information content (AvgIpc) is 1.84. The van der Waals surface area contributed by atoms with Crippen molar-refractivity contribution in [3.8, 4) is 6.07 Å². The number of hydrogen-bond acceptors (Lipinski definition) is 2. The third-order valence-corrected chi connectivity index (χ3v) is 1.31. The minimum Gasteiger partial charge on any atom is -0.330 e. The number of nitrogens with zero attached hydrogens (tertiary/aromatic N) is 1. The van der Waals surface area contributed by atoms with Gasteiger partial charge in [0, 0.05) is 0 Å². The highest BCUT2D eigenvalue weighted by molar-refractivity contribution is 5.85. The summed E-state index contributed by atoms with van der Waals surface area (Å²) in [7, 11) is 0. The van der Waals surface area contributed by atoms with E-state index in [0.717, 1.165) is 12.8 Å². The van der Waals surface area contributed by atoms with Gasteiger partial charge >= 0.3 is 0 Å². The zero-order chi connectivity index (χ0) is 7.33. The van der Waals surface area contributed by atoms with E-state index in [-0.39, 0.29) is 17.8 Å². The lowest BCUT2D eigenvalue weighted by atomic mass is 9.90. The van der Waals surface area contributed by atoms with Crippen LogP contribution in [0.3, 0.4) is 0 Å². The molecule has 0 aliphatic heterocycles. The minimum absolute atomic E-state index is 0. The van der Waals surface area contributed by atoms with Crippen molar-refractivity contribution in [2.24, 2.45) is 11.1 Å². The van der Waals surface area contributed by atoms with Gasteiger partial charge in [-0.15, -0.1) is 12.4 Å². The lowest BCUT2D eigenvalue weighted by Gasteiger charge is -2.12. The standard InChI is InChI=1S/C7H14N2.ClH/c1-7(2,6-9)4-3-5-8;/h3-5,8H2,1-2H3;1H. The Morgan fingerprint density at radius 3 is 2.30 bits per heavy atom. The van der Waals surface area contributed by atoms with Gasteiger partial charge in [-0.3, -0.25) is 0 Å². The average molecular weight is 163 g/mol. The summed E-state index contributed by atoms with van der Waals surface area (Å²) in [6.07, 6.45) is 1.85. The Balaban J connectivity index is 0. The molecule has 0 bridgehead atoms. The van der Waals surface area contributed by atoms with Gasteiger partial charge in [0.15, 0.2) is 0 Å². The number of halogens is 1. The molecule has 0 aliphatic rings. The van der Waals surface area contributed by atoms with E-state index in [2.05, 4.69) is 6.07 Å². The lowest BCUT2D eigenvalue weighted by molar-refractivity contribution is 0.438. The zero-order valence-corrected chi connectivity index (χ0v) is 7.37. The van der Waals surface area contributed by atoms with Gasteiger partial charge in [-0.25, -0.2) is 0 Å². The fourth-order valence-corrected chi connectivity index (χ4v) is 0.600. The number of rotatable bonds is 3. The third kappa shape index (κ3) is 5.87. The van der Waals surface area contributed by atoms with Crippen molar-refractivity contribution in [3.63, 3.8) is 0 Å². The maximum Gasteiger partial charge on any atom is 0.0683 e. The van der Waals surface area contributed by atoms with E-state index in [0.29, 0.717) is 6.54 Å². The summed E-state index contributed by atoms with van der Waals surface area (Å²) in [4.78, 5) is 0. The van der Waals surface area contributed by atoms with E-state index in [1.807, 2.05) is 13.8 Å². The molecule has 0 atom stereocenters. The highest BCUT2D eigenvalue weighted by Gasteiger charge is 2.14. The molecule has 0 amide bonds. The van der Waals surface area contributed by atoms with Crippen LogP contribution in [0.4, 0.5) is 0 Å². The molecule has 0 saturated heterocycles. The number of nitriles is 1. The summed E-state index contributed by atoms with van der Waals surface area (Å²) in [5.41, 5.74) is 5.10. The molecule has 0 fully saturated rings. The first-order valence-corrected chi connectivity index (χ1v) is 3.24. The van der Waals surface area contributed by atoms with E-state index >= 15 is 0 Å². The Labute approximate surface area is 68.8 Å². The van der Waals surface area contributed by atoms with Crippen molar-refractivity contribution in [2.45, 2.75) is 26.7 Å². The largest absolute Gasteiger partial charge is 0.330 e. The molecule has 0 aliphatic carbocycles. The van der Waals surface area contributed by atoms with E-state index < -0.39 is 0 Å². The summed E-state index contributed by atoms with van der Waals surface area (Å²) >= 11 is 0. The molecule has 0 unspecified atom stereocenters. The van der Waals surface area contributed by atoms with E-state index in [1.54, 1.807) is 0 Å². The van der Waals surface area contributed by atoms with E-state index in [9.17, 15) is 0 Å². The van der Waals surface area contributed by atoms with Crippen molar-refractivity contribution >= 4 is 12.4 Å². The van der Waals surface area contributed by atoms with E-state index in [1.165, 1.54) is 0 Å². The van der Waals surface area contributed by atoms with Crippen molar-refractivity contribution in [1.82, 2.24) is 0 Å². The Morgan fingerprint density at radius 1 is 1.50 bits per heavy atom. The molecule has 0 aromatic heterocycles. The molecule has 2 N–H and O–H groups in total. The Bertz CT molecular complexity index is 115. The van der Waals surface area contributed by atoms with Crippen LogP contribution in [-0.4, -0.2) is 6.54 Å². The van der Waals surface area contributed by atoms with Crippen molar-refractivity contribution in [1.29, 1.82) is 5.26 Å². The van der Waals surface area contributed by atoms with Crippen LogP contribution in [0.15, 0.2) is 0 Å². The number of nitrogens with two attached hydrogens (primary N) is 1. The van der Waals surface area contributed by atoms with Gasteiger partial charge in [-0.05, 0) is 33.2 Å². The summed E-state index contributed by atoms with van der Waals surface area (Å²) in [6, 6.07) is 2.22. The second-order valence-electron chi connectivity index (χ2n) is 2.89. The molecular weight excluding hydrogens is 148 g/mol. The second kappa shape index (κ2) is 5.52. The van der Waals surface area contributed by atoms with Gasteiger partial charge in [0.1, 0.15) is 0 Å². The van der Waals surface area contributed by atoms with Crippen LogP contribution < -0.4 is 5.73 Å². The normalized spacial score (nSPS) is 9.80. The molecule has 10 heavy (non-hydrogen) atoms. The molecule has 0 rings (SSSR count). The fraction of sp³-hybridized carbons (Fsp3) is 0.857. The van der Waals surface area contributed by atoms with Crippen LogP contribution in [0.2, 0.25) is 0 Å². The predicted octanol–water partition coefficient (Wildman–Crippen LogP) is 1.70. The van der Waals surface area contributed by atoms with Gasteiger partial charge in [0.05, 0.1) is 11.5 Å². The van der Waals surface area contributed by atoms with Gasteiger partial charge in [-0.1, -0.05) is 0 Å². The molecule has 60 valence electrons. The quantitative estimate of drug-likeness (QED) is 0.687. The van der Waals surface area contributed by atoms with E-state index in [4.69, 9.17) is 11.0 Å². The zero-order valence-electron chi connectivity index (χ0n) is 6.55. The third-order valence-electron chi connectivity index (χ3n) is 1.31. The monoisotopic (exact) mass is 162 g/mol. The maximum atomic E-state index is 8.53. The smallest absolute Gasteiger partial charge is 0.0683 e. The van der Waals surface area contributed by atoms with Crippen LogP contribution in [0, 0.1) is 16.7 Å². The Hall–Kier alpha value is -0.260. The maximum absolute atomic E-state index is 8.53. The van der Waals surface area contributed by atoms with Crippen molar-refractivity contribution in [2.75, 3.05) is 6.54 Å². The van der Waals surface area contributed by atoms with Gasteiger partial charge < -0.3 is 5.73 Å². The van der Waals surface area contributed by atoms with Crippen LogP contribution in [0.5, 0.6) is 0 Å². The summed E-state index contributed by atoms with van der Waals surface area (Å²) < 4.78 is 0. The fourth-order valence-electron chi connectivity index (χ4n) is 0.600. The molecular formula is C7H15ClN2. The van der Waals surface area contributed by atoms with Gasteiger partial charge in [0.2, 0.25) is 0 Å². The first kappa shape index (κ1) is 12.4.